The molecule has 0 radical (unpaired) electrons. The topological polar surface area (TPSA) is 113 Å². The molecule has 3 heterocycles. The number of benzene rings is 2. The molecule has 0 unspecified atom stereocenters. The number of fused-ring (bicyclic) bond motifs is 1. The Labute approximate surface area is 219 Å². The Morgan fingerprint density at radius 3 is 2.45 bits per heavy atom. The van der Waals surface area contributed by atoms with Crippen LogP contribution in [0.25, 0.3) is 33.7 Å². The Balaban J connectivity index is 1.35. The maximum absolute atomic E-state index is 15.1. The highest BCUT2D eigenvalue weighted by molar-refractivity contribution is 5.92. The van der Waals surface area contributed by atoms with Gasteiger partial charge < -0.3 is 19.7 Å². The Hall–Kier alpha value is -4.60. The first-order chi connectivity index (χ1) is 18.1. The third kappa shape index (κ3) is 4.97. The molecule has 2 N–H and O–H groups in total. The molecule has 0 atom stereocenters. The van der Waals surface area contributed by atoms with Gasteiger partial charge in [0.15, 0.2) is 5.65 Å². The van der Waals surface area contributed by atoms with E-state index < -0.39 is 11.7 Å². The largest absolute Gasteiger partial charge is 0.378 e. The zero-order valence-corrected chi connectivity index (χ0v) is 21.8. The van der Waals surface area contributed by atoms with Gasteiger partial charge >= 0.3 is 0 Å². The molecule has 5 rings (SSSR count). The Bertz CT molecular complexity index is 1610. The molecule has 194 valence electrons. The molecule has 0 saturated carbocycles. The van der Waals surface area contributed by atoms with Crippen LogP contribution in [0.2, 0.25) is 0 Å². The van der Waals surface area contributed by atoms with E-state index in [9.17, 15) is 4.79 Å². The molecule has 0 saturated heterocycles. The zero-order chi connectivity index (χ0) is 27.0. The molecule has 38 heavy (non-hydrogen) atoms. The standard InChI is InChI=1S/C28H28FN7O2/c1-28(2,3)27-34-25(35-38-27)26(37)31-15-18-7-6-17(14-21(18)29)20-12-13-30-24-22(20)32-23(33-24)16-8-10-19(11-9-16)36(4)5/h6-14H,15H2,1-5H3,(H,31,37)(H,30,32,33). The third-order valence-electron chi connectivity index (χ3n) is 6.12. The van der Waals surface area contributed by atoms with Crippen LogP contribution in [0.15, 0.2) is 59.3 Å². The first kappa shape index (κ1) is 25.1. The molecular weight excluding hydrogens is 485 g/mol. The number of hydrogen-bond acceptors (Lipinski definition) is 7. The van der Waals surface area contributed by atoms with Crippen molar-refractivity contribution in [1.29, 1.82) is 0 Å². The molecule has 0 aliphatic rings. The molecule has 9 nitrogen and oxygen atoms in total. The summed E-state index contributed by atoms with van der Waals surface area (Å²) in [6, 6.07) is 14.7. The van der Waals surface area contributed by atoms with Gasteiger partial charge in [0.2, 0.25) is 5.89 Å². The van der Waals surface area contributed by atoms with Crippen molar-refractivity contribution in [2.24, 2.45) is 0 Å². The number of H-pyrrole nitrogens is 1. The highest BCUT2D eigenvalue weighted by Crippen LogP contribution is 2.30. The summed E-state index contributed by atoms with van der Waals surface area (Å²) < 4.78 is 20.2. The Morgan fingerprint density at radius 2 is 1.79 bits per heavy atom. The van der Waals surface area contributed by atoms with Crippen LogP contribution in [0.3, 0.4) is 0 Å². The molecule has 5 aromatic rings. The van der Waals surface area contributed by atoms with Crippen LogP contribution in [-0.2, 0) is 12.0 Å². The summed E-state index contributed by atoms with van der Waals surface area (Å²) in [4.78, 5) is 31.0. The van der Waals surface area contributed by atoms with Gasteiger partial charge in [-0.2, -0.15) is 4.98 Å². The molecule has 0 fully saturated rings. The molecule has 0 aliphatic heterocycles. The molecule has 2 aromatic carbocycles. The van der Waals surface area contributed by atoms with Crippen molar-refractivity contribution < 1.29 is 13.7 Å². The average Bonchev–Trinajstić information content (AvgIpc) is 3.56. The second-order valence-corrected chi connectivity index (χ2v) is 10.2. The number of amides is 1. The van der Waals surface area contributed by atoms with Gasteiger partial charge in [-0.1, -0.05) is 38.1 Å². The van der Waals surface area contributed by atoms with Gasteiger partial charge in [-0.25, -0.2) is 14.4 Å². The van der Waals surface area contributed by atoms with Crippen LogP contribution in [0.1, 0.15) is 42.8 Å². The smallest absolute Gasteiger partial charge is 0.292 e. The van der Waals surface area contributed by atoms with Gasteiger partial charge in [0.05, 0.1) is 5.52 Å². The fraction of sp³-hybridized carbons (Fsp3) is 0.250. The molecular formula is C28H28FN7O2. The van der Waals surface area contributed by atoms with Crippen LogP contribution in [0.5, 0.6) is 0 Å². The summed E-state index contributed by atoms with van der Waals surface area (Å²) in [5, 5.41) is 6.38. The number of imidazole rings is 1. The van der Waals surface area contributed by atoms with E-state index in [0.717, 1.165) is 16.8 Å². The molecule has 0 bridgehead atoms. The highest BCUT2D eigenvalue weighted by atomic mass is 19.1. The number of carbonyl (C=O) groups is 1. The fourth-order valence-electron chi connectivity index (χ4n) is 3.94. The van der Waals surface area contributed by atoms with Crippen molar-refractivity contribution in [3.8, 4) is 22.5 Å². The summed E-state index contributed by atoms with van der Waals surface area (Å²) in [7, 11) is 3.97. The predicted octanol–water partition coefficient (Wildman–Crippen LogP) is 5.11. The van der Waals surface area contributed by atoms with Gasteiger partial charge in [-0.05, 0) is 42.0 Å². The normalized spacial score (nSPS) is 11.6. The lowest BCUT2D eigenvalue weighted by atomic mass is 9.97. The minimum atomic E-state index is -0.535. The first-order valence-electron chi connectivity index (χ1n) is 12.1. The van der Waals surface area contributed by atoms with Gasteiger partial charge in [0, 0.05) is 54.6 Å². The van der Waals surface area contributed by atoms with Crippen molar-refractivity contribution in [3.63, 3.8) is 0 Å². The van der Waals surface area contributed by atoms with E-state index in [1.165, 1.54) is 6.07 Å². The summed E-state index contributed by atoms with van der Waals surface area (Å²) in [6.07, 6.45) is 1.65. The van der Waals surface area contributed by atoms with E-state index in [-0.39, 0.29) is 17.8 Å². The van der Waals surface area contributed by atoms with E-state index in [1.54, 1.807) is 18.3 Å². The fourth-order valence-corrected chi connectivity index (χ4v) is 3.94. The van der Waals surface area contributed by atoms with E-state index in [2.05, 4.69) is 30.4 Å². The van der Waals surface area contributed by atoms with Crippen LogP contribution >= 0.6 is 0 Å². The van der Waals surface area contributed by atoms with Crippen LogP contribution < -0.4 is 10.2 Å². The Kier molecular flexibility index (Phi) is 6.40. The van der Waals surface area contributed by atoms with Gasteiger partial charge in [0.25, 0.3) is 11.7 Å². The van der Waals surface area contributed by atoms with Gasteiger partial charge in [-0.3, -0.25) is 4.79 Å². The zero-order valence-electron chi connectivity index (χ0n) is 21.8. The number of hydrogen-bond donors (Lipinski definition) is 2. The van der Waals surface area contributed by atoms with Crippen LogP contribution in [0.4, 0.5) is 10.1 Å². The van der Waals surface area contributed by atoms with Crippen LogP contribution in [0, 0.1) is 5.82 Å². The highest BCUT2D eigenvalue weighted by Gasteiger charge is 2.24. The number of aromatic nitrogens is 5. The number of pyridine rings is 1. The predicted molar refractivity (Wildman–Crippen MR) is 143 cm³/mol. The lowest BCUT2D eigenvalue weighted by Crippen LogP contribution is -2.24. The summed E-state index contributed by atoms with van der Waals surface area (Å²) >= 11 is 0. The van der Waals surface area contributed by atoms with E-state index in [4.69, 9.17) is 4.52 Å². The maximum atomic E-state index is 15.1. The Morgan fingerprint density at radius 1 is 1.05 bits per heavy atom. The molecule has 0 aliphatic carbocycles. The molecule has 3 aromatic heterocycles. The molecule has 0 spiro atoms. The van der Waals surface area contributed by atoms with E-state index >= 15 is 4.39 Å². The van der Waals surface area contributed by atoms with E-state index in [0.29, 0.717) is 34.0 Å². The minimum absolute atomic E-state index is 0.0206. The average molecular weight is 514 g/mol. The number of halogens is 1. The molecule has 10 heteroatoms. The summed E-state index contributed by atoms with van der Waals surface area (Å²) in [5.74, 6) is -0.0319. The minimum Gasteiger partial charge on any atom is -0.378 e. The monoisotopic (exact) mass is 513 g/mol. The number of anilines is 1. The summed E-state index contributed by atoms with van der Waals surface area (Å²) in [5.41, 5.74) is 4.66. The number of aromatic amines is 1. The van der Waals surface area contributed by atoms with Crippen molar-refractivity contribution in [3.05, 3.63) is 77.8 Å². The first-order valence-corrected chi connectivity index (χ1v) is 12.1. The van der Waals surface area contributed by atoms with Crippen molar-refractivity contribution in [1.82, 2.24) is 30.4 Å². The summed E-state index contributed by atoms with van der Waals surface area (Å²) in [6.45, 7) is 5.69. The SMILES string of the molecule is CN(C)c1ccc(-c2nc3nccc(-c4ccc(CNC(=O)c5noc(C(C)(C)C)n5)c(F)c4)c3[nH]2)cc1. The maximum Gasteiger partial charge on any atom is 0.292 e. The van der Waals surface area contributed by atoms with E-state index in [1.807, 2.05) is 70.1 Å². The quantitative estimate of drug-likeness (QED) is 0.324. The number of rotatable bonds is 6. The number of carbonyl (C=O) groups excluding carboxylic acids is 1. The number of nitrogens with zero attached hydrogens (tertiary/aromatic N) is 5. The second kappa shape index (κ2) is 9.70. The second-order valence-electron chi connectivity index (χ2n) is 10.2. The lowest BCUT2D eigenvalue weighted by molar-refractivity contribution is 0.0937. The number of nitrogens with one attached hydrogen (secondary N) is 2. The van der Waals surface area contributed by atoms with Gasteiger partial charge in [0.1, 0.15) is 11.6 Å². The van der Waals surface area contributed by atoms with Crippen molar-refractivity contribution >= 4 is 22.8 Å². The molecule has 1 amide bonds. The van der Waals surface area contributed by atoms with Crippen molar-refractivity contribution in [2.45, 2.75) is 32.7 Å². The van der Waals surface area contributed by atoms with Gasteiger partial charge in [-0.15, -0.1) is 0 Å². The van der Waals surface area contributed by atoms with Crippen molar-refractivity contribution in [2.75, 3.05) is 19.0 Å². The lowest BCUT2D eigenvalue weighted by Gasteiger charge is -2.12. The van der Waals surface area contributed by atoms with Crippen LogP contribution in [-0.4, -0.2) is 45.1 Å². The third-order valence-corrected chi connectivity index (χ3v) is 6.12.